The van der Waals surface area contributed by atoms with Gasteiger partial charge in [0, 0.05) is 11.1 Å². The summed E-state index contributed by atoms with van der Waals surface area (Å²) in [5.74, 6) is -15.6. The number of ether oxygens (including phenoxy) is 1. The van der Waals surface area contributed by atoms with Crippen molar-refractivity contribution in [3.05, 3.63) is 58.4 Å². The van der Waals surface area contributed by atoms with Crippen LogP contribution in [0.2, 0.25) is 0 Å². The first-order chi connectivity index (χ1) is 12.5. The van der Waals surface area contributed by atoms with Crippen molar-refractivity contribution in [2.75, 3.05) is 0 Å². The van der Waals surface area contributed by atoms with Crippen LogP contribution in [0.4, 0.5) is 30.7 Å². The zero-order chi connectivity index (χ0) is 20.1. The molecule has 0 spiro atoms. The van der Waals surface area contributed by atoms with Gasteiger partial charge in [-0.05, 0) is 24.3 Å². The van der Waals surface area contributed by atoms with Crippen LogP contribution in [0.25, 0.3) is 0 Å². The van der Waals surface area contributed by atoms with Crippen molar-refractivity contribution in [3.63, 3.8) is 0 Å². The maximum atomic E-state index is 14.0. The second-order valence-corrected chi connectivity index (χ2v) is 5.51. The van der Waals surface area contributed by atoms with Gasteiger partial charge in [-0.15, -0.1) is 0 Å². The molecule has 0 bridgehead atoms. The van der Waals surface area contributed by atoms with Crippen LogP contribution < -0.4 is 4.74 Å². The maximum absolute atomic E-state index is 14.0. The highest BCUT2D eigenvalue weighted by Crippen LogP contribution is 2.55. The van der Waals surface area contributed by atoms with Crippen LogP contribution in [0.1, 0.15) is 33.5 Å². The molecule has 10 heteroatoms. The predicted molar refractivity (Wildman–Crippen MR) is 75.8 cm³/mol. The molecule has 0 fully saturated rings. The van der Waals surface area contributed by atoms with Crippen molar-refractivity contribution in [1.82, 2.24) is 0 Å². The number of hydrogen-bond acceptors (Lipinski definition) is 3. The van der Waals surface area contributed by atoms with E-state index in [4.69, 9.17) is 10.00 Å². The molecule has 1 aliphatic rings. The van der Waals surface area contributed by atoms with E-state index in [0.717, 1.165) is 18.2 Å². The molecule has 0 saturated carbocycles. The molecule has 2 aromatic carbocycles. The van der Waals surface area contributed by atoms with E-state index in [1.165, 1.54) is 6.07 Å². The van der Waals surface area contributed by atoms with Crippen LogP contribution in [0, 0.1) is 17.1 Å². The molecule has 0 atom stereocenters. The third-order valence-corrected chi connectivity index (χ3v) is 3.97. The number of ketones is 1. The zero-order valence-corrected chi connectivity index (χ0v) is 12.9. The number of fused-ring (bicyclic) bond motifs is 1. The molecule has 0 unspecified atom stereocenters. The monoisotopic (exact) mass is 389 g/mol. The summed E-state index contributed by atoms with van der Waals surface area (Å²) >= 11 is 0. The van der Waals surface area contributed by atoms with Gasteiger partial charge in [0.2, 0.25) is 5.78 Å². The Morgan fingerprint density at radius 1 is 1.00 bits per heavy atom. The number of nitrogens with zero attached hydrogens (tertiary/aromatic N) is 1. The van der Waals surface area contributed by atoms with Gasteiger partial charge in [0.05, 0.1) is 11.1 Å². The number of nitriles is 1. The average Bonchev–Trinajstić information content (AvgIpc) is 2.74. The van der Waals surface area contributed by atoms with Crippen LogP contribution in [0.3, 0.4) is 0 Å². The molecular formula is C17H6F7NO2. The van der Waals surface area contributed by atoms with Gasteiger partial charge >= 0.3 is 11.8 Å². The van der Waals surface area contributed by atoms with E-state index in [-0.39, 0.29) is 0 Å². The quantitative estimate of drug-likeness (QED) is 0.665. The SMILES string of the molecule is N#Cc1cccc(Oc2ccc3c(c2C(F)F)C(=O)C(F)(F)C3(F)F)c1F. The molecular weight excluding hydrogens is 383 g/mol. The first kappa shape index (κ1) is 18.7. The van der Waals surface area contributed by atoms with E-state index >= 15 is 0 Å². The minimum Gasteiger partial charge on any atom is -0.454 e. The molecule has 2 aromatic rings. The van der Waals surface area contributed by atoms with Crippen molar-refractivity contribution in [2.24, 2.45) is 0 Å². The summed E-state index contributed by atoms with van der Waals surface area (Å²) < 4.78 is 101. The lowest BCUT2D eigenvalue weighted by Gasteiger charge is -2.17. The number of hydrogen-bond donors (Lipinski definition) is 0. The van der Waals surface area contributed by atoms with Crippen molar-refractivity contribution in [2.45, 2.75) is 18.3 Å². The number of rotatable bonds is 3. The Labute approximate surface area is 146 Å². The molecule has 0 aliphatic heterocycles. The van der Waals surface area contributed by atoms with Crippen molar-refractivity contribution in [3.8, 4) is 17.6 Å². The highest BCUT2D eigenvalue weighted by molar-refractivity contribution is 6.08. The Hall–Kier alpha value is -3.09. The van der Waals surface area contributed by atoms with Gasteiger partial charge in [-0.1, -0.05) is 6.07 Å². The molecule has 0 aromatic heterocycles. The third kappa shape index (κ3) is 2.53. The molecule has 3 nitrogen and oxygen atoms in total. The number of alkyl halides is 6. The van der Waals surface area contributed by atoms with Gasteiger partial charge in [-0.2, -0.15) is 22.8 Å². The van der Waals surface area contributed by atoms with Gasteiger partial charge in [-0.3, -0.25) is 4.79 Å². The zero-order valence-electron chi connectivity index (χ0n) is 12.9. The van der Waals surface area contributed by atoms with Crippen LogP contribution in [-0.2, 0) is 5.92 Å². The van der Waals surface area contributed by atoms with E-state index in [2.05, 4.69) is 0 Å². The van der Waals surface area contributed by atoms with Crippen LogP contribution in [0.5, 0.6) is 11.5 Å². The van der Waals surface area contributed by atoms with E-state index in [1.54, 1.807) is 0 Å². The van der Waals surface area contributed by atoms with E-state index in [0.29, 0.717) is 12.1 Å². The Morgan fingerprint density at radius 3 is 2.26 bits per heavy atom. The van der Waals surface area contributed by atoms with Gasteiger partial charge < -0.3 is 4.74 Å². The first-order valence-electron chi connectivity index (χ1n) is 7.16. The molecule has 140 valence electrons. The molecule has 0 N–H and O–H groups in total. The van der Waals surface area contributed by atoms with Gasteiger partial charge in [0.15, 0.2) is 11.6 Å². The number of Topliss-reactive ketones (excluding diaryl/α,β-unsaturated/α-hetero) is 1. The Morgan fingerprint density at radius 2 is 1.67 bits per heavy atom. The second-order valence-electron chi connectivity index (χ2n) is 5.51. The van der Waals surface area contributed by atoms with E-state index < -0.39 is 63.6 Å². The van der Waals surface area contributed by atoms with Gasteiger partial charge in [0.25, 0.3) is 6.43 Å². The highest BCUT2D eigenvalue weighted by atomic mass is 19.3. The summed E-state index contributed by atoms with van der Waals surface area (Å²) in [6, 6.07) is 5.50. The molecule has 27 heavy (non-hydrogen) atoms. The number of benzene rings is 2. The maximum Gasteiger partial charge on any atom is 0.376 e. The van der Waals surface area contributed by atoms with E-state index in [9.17, 15) is 35.5 Å². The average molecular weight is 389 g/mol. The van der Waals surface area contributed by atoms with Crippen LogP contribution in [0.15, 0.2) is 30.3 Å². The lowest BCUT2D eigenvalue weighted by Crippen LogP contribution is -2.38. The largest absolute Gasteiger partial charge is 0.454 e. The standard InChI is InChI=1S/C17H6F7NO2/c18-13-7(6-25)2-1-3-10(13)27-9-5-4-8-11(12(9)15(19)20)14(26)17(23,24)16(8,21)22/h1-5,15H. The summed E-state index contributed by atoms with van der Waals surface area (Å²) in [5, 5.41) is 8.75. The normalized spacial score (nSPS) is 16.9. The summed E-state index contributed by atoms with van der Waals surface area (Å²) in [5.41, 5.74) is -5.13. The molecule has 0 heterocycles. The Kier molecular flexibility index (Phi) is 4.14. The third-order valence-electron chi connectivity index (χ3n) is 3.97. The number of halogens is 7. The number of carbonyl (C=O) groups is 1. The molecule has 0 saturated heterocycles. The van der Waals surface area contributed by atoms with E-state index in [1.807, 2.05) is 0 Å². The van der Waals surface area contributed by atoms with Crippen molar-refractivity contribution >= 4 is 5.78 Å². The topological polar surface area (TPSA) is 50.1 Å². The summed E-state index contributed by atoms with van der Waals surface area (Å²) in [6.45, 7) is 0. The lowest BCUT2D eigenvalue weighted by molar-refractivity contribution is -0.176. The Bertz CT molecular complexity index is 996. The van der Waals surface area contributed by atoms with Gasteiger partial charge in [-0.25, -0.2) is 13.2 Å². The summed E-state index contributed by atoms with van der Waals surface area (Å²) in [6.07, 6.45) is -3.65. The smallest absolute Gasteiger partial charge is 0.376 e. The lowest BCUT2D eigenvalue weighted by atomic mass is 10.0. The fourth-order valence-electron chi connectivity index (χ4n) is 2.68. The first-order valence-corrected chi connectivity index (χ1v) is 7.16. The summed E-state index contributed by atoms with van der Waals surface area (Å²) in [4.78, 5) is 11.7. The molecule has 1 aliphatic carbocycles. The van der Waals surface area contributed by atoms with Crippen LogP contribution >= 0.6 is 0 Å². The molecule has 3 rings (SSSR count). The Balaban J connectivity index is 2.21. The fourth-order valence-corrected chi connectivity index (χ4v) is 2.68. The molecule has 0 amide bonds. The minimum atomic E-state index is -5.20. The minimum absolute atomic E-state index is 0.349. The van der Waals surface area contributed by atoms with Crippen molar-refractivity contribution in [1.29, 1.82) is 5.26 Å². The highest BCUT2D eigenvalue weighted by Gasteiger charge is 2.70. The fraction of sp³-hybridized carbons (Fsp3) is 0.176. The second kappa shape index (κ2) is 5.97. The van der Waals surface area contributed by atoms with Gasteiger partial charge in [0.1, 0.15) is 11.8 Å². The number of carbonyl (C=O) groups excluding carboxylic acids is 1. The predicted octanol–water partition coefficient (Wildman–Crippen LogP) is 5.35. The summed E-state index contributed by atoms with van der Waals surface area (Å²) in [7, 11) is 0. The van der Waals surface area contributed by atoms with Crippen molar-refractivity contribution < 1.29 is 40.3 Å². The van der Waals surface area contributed by atoms with Crippen LogP contribution in [-0.4, -0.2) is 11.7 Å². The molecule has 0 radical (unpaired) electrons.